The summed E-state index contributed by atoms with van der Waals surface area (Å²) in [6.07, 6.45) is -0.669. The van der Waals surface area contributed by atoms with Gasteiger partial charge in [0.2, 0.25) is 53.2 Å². The second kappa shape index (κ2) is 27.9. The van der Waals surface area contributed by atoms with E-state index in [-0.39, 0.29) is 31.4 Å². The van der Waals surface area contributed by atoms with Crippen LogP contribution in [0.5, 0.6) is 0 Å². The topological polar surface area (TPSA) is 373 Å². The molecule has 62 heavy (non-hydrogen) atoms. The number of aliphatic carboxylic acids is 1. The van der Waals surface area contributed by atoms with Crippen molar-refractivity contribution in [2.75, 3.05) is 18.9 Å². The molecule has 0 heterocycles. The first-order valence-corrected chi connectivity index (χ1v) is 20.7. The van der Waals surface area contributed by atoms with Crippen LogP contribution in [0.15, 0.2) is 30.3 Å². The van der Waals surface area contributed by atoms with Gasteiger partial charge in [-0.3, -0.25) is 43.2 Å². The van der Waals surface area contributed by atoms with Crippen LogP contribution in [0.2, 0.25) is 0 Å². The number of aliphatic hydroxyl groups is 1. The van der Waals surface area contributed by atoms with Crippen LogP contribution in [-0.4, -0.2) is 131 Å². The Hall–Kier alpha value is -5.81. The Morgan fingerprint density at radius 3 is 1.45 bits per heavy atom. The molecule has 1 aromatic rings. The molecule has 0 aliphatic carbocycles. The Bertz CT molecular complexity index is 1720. The fraction of sp³-hybridized carbons (Fsp3) is 0.590. The van der Waals surface area contributed by atoms with Gasteiger partial charge < -0.3 is 64.6 Å². The molecule has 0 unspecified atom stereocenters. The van der Waals surface area contributed by atoms with Gasteiger partial charge in [-0.25, -0.2) is 4.79 Å². The van der Waals surface area contributed by atoms with Gasteiger partial charge in [0, 0.05) is 25.0 Å². The van der Waals surface area contributed by atoms with Crippen molar-refractivity contribution in [1.82, 2.24) is 37.2 Å². The largest absolute Gasteiger partial charge is 0.480 e. The highest BCUT2D eigenvalue weighted by atomic mass is 32.1. The van der Waals surface area contributed by atoms with Crippen LogP contribution >= 0.6 is 12.6 Å². The maximum atomic E-state index is 14.2. The van der Waals surface area contributed by atoms with Crippen molar-refractivity contribution in [3.8, 4) is 0 Å². The van der Waals surface area contributed by atoms with E-state index in [2.05, 4.69) is 49.8 Å². The van der Waals surface area contributed by atoms with Gasteiger partial charge >= 0.3 is 5.97 Å². The van der Waals surface area contributed by atoms with E-state index in [1.54, 1.807) is 58.0 Å². The van der Waals surface area contributed by atoms with Crippen molar-refractivity contribution in [1.29, 1.82) is 0 Å². The van der Waals surface area contributed by atoms with Crippen LogP contribution < -0.4 is 54.4 Å². The Balaban J connectivity index is 3.50. The smallest absolute Gasteiger partial charge is 0.327 e. The third-order valence-electron chi connectivity index (χ3n) is 9.94. The number of benzene rings is 1. The van der Waals surface area contributed by atoms with Crippen molar-refractivity contribution in [2.45, 2.75) is 115 Å². The molecule has 0 fully saturated rings. The highest BCUT2D eigenvalue weighted by Crippen LogP contribution is 2.14. The molecule has 22 nitrogen and oxygen atoms in total. The number of nitrogens with one attached hydrogen (secondary N) is 7. The number of amides is 9. The predicted octanol–water partition coefficient (Wildman–Crippen LogP) is -3.79. The number of primary amides is 2. The van der Waals surface area contributed by atoms with Gasteiger partial charge in [0.15, 0.2) is 0 Å². The van der Waals surface area contributed by atoms with E-state index in [1.165, 1.54) is 0 Å². The van der Waals surface area contributed by atoms with E-state index >= 15 is 0 Å². The standard InChI is InChI=1S/C39H62N10O12S/c1-5-20(3)31(49-38(59)32(21(4)6-2)48-34(55)23(12-14-28(41)51)43-30(53)17-40)37(58)45-25(16-22-10-8-7-9-11-22)35(56)44-24(13-15-29(42)52)33(54)46-26(18-50)36(57)47-27(19-62)39(60)61/h7-11,20-21,23-27,31-32,50,62H,5-6,12-19,40H2,1-4H3,(H2,41,51)(H2,42,52)(H,43,53)(H,44,56)(H,45,58)(H,46,54)(H,47,57)(H,48,55)(H,49,59)(H,60,61)/t20-,21-,23-,24-,25-,26-,27-,31-,32-/m0/s1. The molecular weight excluding hydrogens is 833 g/mol. The lowest BCUT2D eigenvalue weighted by Gasteiger charge is -2.31. The van der Waals surface area contributed by atoms with E-state index in [1.807, 2.05) is 0 Å². The minimum absolute atomic E-state index is 0.140. The average Bonchev–Trinajstić information content (AvgIpc) is 3.24. The first kappa shape index (κ1) is 54.2. The molecule has 0 bridgehead atoms. The summed E-state index contributed by atoms with van der Waals surface area (Å²) in [7, 11) is 0. The van der Waals surface area contributed by atoms with Crippen LogP contribution in [-0.2, 0) is 54.4 Å². The third-order valence-corrected chi connectivity index (χ3v) is 10.3. The molecule has 0 aliphatic rings. The molecule has 9 amide bonds. The summed E-state index contributed by atoms with van der Waals surface area (Å²) in [6, 6.07) is -1.54. The number of carbonyl (C=O) groups excluding carboxylic acids is 9. The lowest BCUT2D eigenvalue weighted by atomic mass is 9.94. The quantitative estimate of drug-likeness (QED) is 0.0344. The molecular formula is C39H62N10O12S. The summed E-state index contributed by atoms with van der Waals surface area (Å²) < 4.78 is 0. The number of nitrogens with two attached hydrogens (primary N) is 3. The number of carboxylic acids is 1. The van der Waals surface area contributed by atoms with Gasteiger partial charge in [0.1, 0.15) is 42.3 Å². The summed E-state index contributed by atoms with van der Waals surface area (Å²) in [4.78, 5) is 129. The van der Waals surface area contributed by atoms with Gasteiger partial charge in [0.25, 0.3) is 0 Å². The summed E-state index contributed by atoms with van der Waals surface area (Å²) in [5.74, 6) is -10.5. The zero-order valence-electron chi connectivity index (χ0n) is 35.3. The van der Waals surface area contributed by atoms with E-state index in [0.29, 0.717) is 18.4 Å². The fourth-order valence-electron chi connectivity index (χ4n) is 5.78. The number of carbonyl (C=O) groups is 10. The molecule has 0 spiro atoms. The first-order valence-electron chi connectivity index (χ1n) is 20.1. The van der Waals surface area contributed by atoms with Crippen molar-refractivity contribution in [2.24, 2.45) is 29.0 Å². The Labute approximate surface area is 365 Å². The lowest BCUT2D eigenvalue weighted by Crippen LogP contribution is -2.62. The molecule has 23 heteroatoms. The summed E-state index contributed by atoms with van der Waals surface area (Å²) in [5, 5.41) is 36.3. The number of aliphatic hydroxyl groups excluding tert-OH is 1. The average molecular weight is 895 g/mol. The molecule has 0 radical (unpaired) electrons. The van der Waals surface area contributed by atoms with Crippen molar-refractivity contribution in [3.63, 3.8) is 0 Å². The third kappa shape index (κ3) is 18.8. The SMILES string of the molecule is CC[C@H](C)[C@H](NC(=O)[C@H](CCC(N)=O)NC(=O)CN)C(=O)N[C@H](C(=O)N[C@@H](Cc1ccccc1)C(=O)N[C@@H](CCC(N)=O)C(=O)N[C@@H](CO)C(=O)N[C@@H](CS)C(=O)O)[C@@H](C)CC. The molecule has 9 atom stereocenters. The maximum Gasteiger partial charge on any atom is 0.327 e. The van der Waals surface area contributed by atoms with Crippen LogP contribution in [0, 0.1) is 11.8 Å². The zero-order chi connectivity index (χ0) is 47.1. The number of carboxylic acid groups (broad SMARTS) is 1. The zero-order valence-corrected chi connectivity index (χ0v) is 36.2. The second-order valence-corrected chi connectivity index (χ2v) is 15.1. The Morgan fingerprint density at radius 2 is 1.00 bits per heavy atom. The highest BCUT2D eigenvalue weighted by molar-refractivity contribution is 7.80. The summed E-state index contributed by atoms with van der Waals surface area (Å²) in [5.41, 5.74) is 16.5. The van der Waals surface area contributed by atoms with Crippen LogP contribution in [0.1, 0.15) is 71.8 Å². The van der Waals surface area contributed by atoms with E-state index < -0.39 is 133 Å². The Kier molecular flexibility index (Phi) is 24.4. The molecule has 346 valence electrons. The first-order chi connectivity index (χ1) is 29.2. The number of hydrogen-bond donors (Lipinski definition) is 13. The lowest BCUT2D eigenvalue weighted by molar-refractivity contribution is -0.142. The molecule has 1 rings (SSSR count). The van der Waals surface area contributed by atoms with Crippen LogP contribution in [0.3, 0.4) is 0 Å². The minimum atomic E-state index is -1.69. The number of hydrogen-bond acceptors (Lipinski definition) is 13. The molecule has 1 aromatic carbocycles. The molecule has 0 saturated carbocycles. The number of rotatable bonds is 29. The van der Waals surface area contributed by atoms with Crippen molar-refractivity contribution >= 4 is 71.8 Å². The van der Waals surface area contributed by atoms with Gasteiger partial charge in [-0.15, -0.1) is 0 Å². The normalized spacial score (nSPS) is 15.3. The van der Waals surface area contributed by atoms with Crippen LogP contribution in [0.25, 0.3) is 0 Å². The second-order valence-electron chi connectivity index (χ2n) is 14.7. The predicted molar refractivity (Wildman–Crippen MR) is 227 cm³/mol. The maximum absolute atomic E-state index is 14.2. The number of thiol groups is 1. The van der Waals surface area contributed by atoms with Crippen molar-refractivity contribution < 1.29 is 58.2 Å². The van der Waals surface area contributed by atoms with Crippen molar-refractivity contribution in [3.05, 3.63) is 35.9 Å². The molecule has 0 saturated heterocycles. The monoisotopic (exact) mass is 894 g/mol. The molecule has 0 aromatic heterocycles. The highest BCUT2D eigenvalue weighted by Gasteiger charge is 2.36. The van der Waals surface area contributed by atoms with E-state index in [9.17, 15) is 58.2 Å². The summed E-state index contributed by atoms with van der Waals surface area (Å²) >= 11 is 3.87. The van der Waals surface area contributed by atoms with Gasteiger partial charge in [-0.1, -0.05) is 70.9 Å². The fourth-order valence-corrected chi connectivity index (χ4v) is 6.03. The van der Waals surface area contributed by atoms with E-state index in [0.717, 1.165) is 0 Å². The van der Waals surface area contributed by atoms with Gasteiger partial charge in [-0.05, 0) is 30.2 Å². The van der Waals surface area contributed by atoms with Gasteiger partial charge in [-0.2, -0.15) is 12.6 Å². The summed E-state index contributed by atoms with van der Waals surface area (Å²) in [6.45, 7) is 5.42. The van der Waals surface area contributed by atoms with Gasteiger partial charge in [0.05, 0.1) is 13.2 Å². The van der Waals surface area contributed by atoms with Crippen LogP contribution in [0.4, 0.5) is 0 Å². The molecule has 15 N–H and O–H groups in total. The van der Waals surface area contributed by atoms with E-state index in [4.69, 9.17) is 17.2 Å². The Morgan fingerprint density at radius 1 is 0.597 bits per heavy atom. The minimum Gasteiger partial charge on any atom is -0.480 e. The molecule has 0 aliphatic heterocycles.